The van der Waals surface area contributed by atoms with E-state index in [4.69, 9.17) is 5.73 Å². The fourth-order valence-electron chi connectivity index (χ4n) is 3.94. The van der Waals surface area contributed by atoms with Crippen LogP contribution in [0.5, 0.6) is 0 Å². The van der Waals surface area contributed by atoms with Crippen molar-refractivity contribution in [2.75, 3.05) is 78.5 Å². The Hall–Kier alpha value is -3.07. The third-order valence-electron chi connectivity index (χ3n) is 5.78. The number of carbonyl (C=O) groups excluding carboxylic acids is 1. The molecule has 2 saturated heterocycles. The topological polar surface area (TPSA) is 184 Å². The number of carbonyl (C=O) groups is 4. The van der Waals surface area contributed by atoms with E-state index in [1.54, 1.807) is 14.7 Å². The first-order valence-electron chi connectivity index (χ1n) is 11.4. The highest BCUT2D eigenvalue weighted by molar-refractivity contribution is 5.86. The molecule has 5 N–H and O–H groups in total. The number of amidine groups is 1. The van der Waals surface area contributed by atoms with Crippen molar-refractivity contribution in [1.82, 2.24) is 24.6 Å². The summed E-state index contributed by atoms with van der Waals surface area (Å²) < 4.78 is 0. The van der Waals surface area contributed by atoms with Gasteiger partial charge in [0.05, 0.1) is 26.2 Å². The van der Waals surface area contributed by atoms with Gasteiger partial charge in [-0.25, -0.2) is 5.01 Å². The molecule has 2 fully saturated rings. The van der Waals surface area contributed by atoms with Crippen molar-refractivity contribution in [3.05, 3.63) is 12.3 Å². The summed E-state index contributed by atoms with van der Waals surface area (Å²) in [5.41, 5.74) is 6.68. The van der Waals surface area contributed by atoms with Gasteiger partial charge in [-0.15, -0.1) is 0 Å². The number of hydrogen-bond donors (Lipinski definition) is 4. The van der Waals surface area contributed by atoms with E-state index >= 15 is 0 Å². The number of allylic oxidation sites excluding steroid dienone is 1. The summed E-state index contributed by atoms with van der Waals surface area (Å²) in [6, 6.07) is 0. The van der Waals surface area contributed by atoms with Gasteiger partial charge in [-0.2, -0.15) is 5.10 Å². The summed E-state index contributed by atoms with van der Waals surface area (Å²) in [5, 5.41) is 33.2. The molecule has 0 saturated carbocycles. The zero-order valence-electron chi connectivity index (χ0n) is 19.8. The highest BCUT2D eigenvalue weighted by Gasteiger charge is 2.25. The van der Waals surface area contributed by atoms with Gasteiger partial charge in [-0.3, -0.25) is 38.8 Å². The van der Waals surface area contributed by atoms with E-state index in [2.05, 4.69) is 11.7 Å². The average molecular weight is 498 g/mol. The van der Waals surface area contributed by atoms with E-state index in [0.717, 1.165) is 0 Å². The lowest BCUT2D eigenvalue weighted by Gasteiger charge is -2.33. The number of carboxylic acid groups (broad SMARTS) is 3. The van der Waals surface area contributed by atoms with Crippen molar-refractivity contribution in [2.24, 2.45) is 10.8 Å². The van der Waals surface area contributed by atoms with E-state index in [1.165, 1.54) is 5.01 Å². The maximum absolute atomic E-state index is 12.0. The monoisotopic (exact) mass is 497 g/mol. The smallest absolute Gasteiger partial charge is 0.317 e. The average Bonchev–Trinajstić information content (AvgIpc) is 3.06. The molecule has 14 heteroatoms. The molecule has 0 radical (unpaired) electrons. The van der Waals surface area contributed by atoms with Crippen molar-refractivity contribution in [1.29, 1.82) is 0 Å². The highest BCUT2D eigenvalue weighted by atomic mass is 16.4. The Morgan fingerprint density at radius 3 is 1.34 bits per heavy atom. The van der Waals surface area contributed by atoms with Crippen molar-refractivity contribution >= 4 is 29.7 Å². The predicted molar refractivity (Wildman–Crippen MR) is 126 cm³/mol. The zero-order chi connectivity index (χ0) is 26.0. The zero-order valence-corrected chi connectivity index (χ0v) is 19.8. The quantitative estimate of drug-likeness (QED) is 0.201. The van der Waals surface area contributed by atoms with Crippen LogP contribution in [-0.2, 0) is 19.2 Å². The Balaban J connectivity index is 2.16. The van der Waals surface area contributed by atoms with Crippen LogP contribution >= 0.6 is 0 Å². The van der Waals surface area contributed by atoms with Crippen LogP contribution in [0, 0.1) is 0 Å². The van der Waals surface area contributed by atoms with Gasteiger partial charge < -0.3 is 21.1 Å². The van der Waals surface area contributed by atoms with E-state index in [1.807, 2.05) is 4.90 Å². The number of rotatable bonds is 9. The molecule has 0 aromatic rings. The third kappa shape index (κ3) is 10.4. The van der Waals surface area contributed by atoms with Gasteiger partial charge in [0.25, 0.3) is 0 Å². The second-order valence-corrected chi connectivity index (χ2v) is 8.65. The molecule has 2 rings (SSSR count). The summed E-state index contributed by atoms with van der Waals surface area (Å²) in [6.07, 6.45) is 0.846. The van der Waals surface area contributed by atoms with Gasteiger partial charge in [-0.1, -0.05) is 6.58 Å². The van der Waals surface area contributed by atoms with Crippen LogP contribution in [0.3, 0.4) is 0 Å². The fraction of sp³-hybridized carbons (Fsp3) is 0.667. The molecule has 0 aromatic carbocycles. The summed E-state index contributed by atoms with van der Waals surface area (Å²) in [5.74, 6) is -2.98. The van der Waals surface area contributed by atoms with Crippen molar-refractivity contribution in [3.63, 3.8) is 0 Å². The van der Waals surface area contributed by atoms with Crippen molar-refractivity contribution < 1.29 is 34.5 Å². The second kappa shape index (κ2) is 13.7. The predicted octanol–water partition coefficient (Wildman–Crippen LogP) is -2.13. The SMILES string of the molecule is C=C1CCC(=O)N1N=C(N)CN1CCN(CC(=O)O)CCN(CC(=O)O)CCN(CC(=O)O)CC1. The Labute approximate surface area is 203 Å². The first-order chi connectivity index (χ1) is 16.5. The number of hydrogen-bond acceptors (Lipinski definition) is 9. The summed E-state index contributed by atoms with van der Waals surface area (Å²) in [7, 11) is 0. The Morgan fingerprint density at radius 1 is 0.714 bits per heavy atom. The third-order valence-corrected chi connectivity index (χ3v) is 5.78. The summed E-state index contributed by atoms with van der Waals surface area (Å²) in [4.78, 5) is 53.0. The molecule has 1 amide bonds. The molecule has 35 heavy (non-hydrogen) atoms. The van der Waals surface area contributed by atoms with E-state index in [0.29, 0.717) is 70.9 Å². The normalized spacial score (nSPS) is 21.0. The molecule has 196 valence electrons. The standard InChI is InChI=1S/C21H35N7O7/c1-16-2-3-18(29)28(16)23-17(22)12-24-4-6-25(13-19(30)31)8-10-27(15-21(34)35)11-9-26(7-5-24)14-20(32)33/h1-15H2,(H2,22,23)(H,30,31)(H,32,33)(H,34,35). The lowest BCUT2D eigenvalue weighted by atomic mass is 10.3. The van der Waals surface area contributed by atoms with Crippen LogP contribution < -0.4 is 5.73 Å². The fourth-order valence-corrected chi connectivity index (χ4v) is 3.94. The number of carboxylic acids is 3. The first kappa shape index (κ1) is 28.2. The maximum Gasteiger partial charge on any atom is 0.317 e. The van der Waals surface area contributed by atoms with Crippen LogP contribution in [0.2, 0.25) is 0 Å². The van der Waals surface area contributed by atoms with Gasteiger partial charge in [-0.05, 0) is 6.42 Å². The number of aliphatic carboxylic acids is 3. The number of nitrogens with two attached hydrogens (primary N) is 1. The molecule has 0 atom stereocenters. The minimum absolute atomic E-state index is 0.183. The molecule has 2 aliphatic heterocycles. The highest BCUT2D eigenvalue weighted by Crippen LogP contribution is 2.20. The van der Waals surface area contributed by atoms with Crippen LogP contribution in [0.4, 0.5) is 0 Å². The van der Waals surface area contributed by atoms with Crippen LogP contribution in [-0.4, -0.2) is 148 Å². The molecule has 0 aromatic heterocycles. The van der Waals surface area contributed by atoms with Crippen LogP contribution in [0.1, 0.15) is 12.8 Å². The first-order valence-corrected chi connectivity index (χ1v) is 11.4. The Kier molecular flexibility index (Phi) is 11.0. The molecular weight excluding hydrogens is 462 g/mol. The number of nitrogens with zero attached hydrogens (tertiary/aromatic N) is 6. The van der Waals surface area contributed by atoms with Crippen LogP contribution in [0.25, 0.3) is 0 Å². The summed E-state index contributed by atoms with van der Waals surface area (Å²) >= 11 is 0. The van der Waals surface area contributed by atoms with E-state index in [9.17, 15) is 34.5 Å². The van der Waals surface area contributed by atoms with Gasteiger partial charge in [0, 0.05) is 64.5 Å². The number of amides is 1. The lowest BCUT2D eigenvalue weighted by Crippen LogP contribution is -2.49. The second-order valence-electron chi connectivity index (χ2n) is 8.65. The Morgan fingerprint density at radius 2 is 1.06 bits per heavy atom. The molecule has 0 unspecified atom stereocenters. The van der Waals surface area contributed by atoms with E-state index in [-0.39, 0.29) is 37.9 Å². The minimum atomic E-state index is -1.01. The minimum Gasteiger partial charge on any atom is -0.480 e. The molecule has 2 aliphatic rings. The van der Waals surface area contributed by atoms with Gasteiger partial charge in [0.2, 0.25) is 5.91 Å². The van der Waals surface area contributed by atoms with Gasteiger partial charge in [0.15, 0.2) is 0 Å². The molecule has 0 bridgehead atoms. The Bertz CT molecular complexity index is 787. The van der Waals surface area contributed by atoms with E-state index < -0.39 is 17.9 Å². The van der Waals surface area contributed by atoms with Gasteiger partial charge in [0.1, 0.15) is 5.84 Å². The van der Waals surface area contributed by atoms with Crippen molar-refractivity contribution in [3.8, 4) is 0 Å². The molecular formula is C21H35N7O7. The largest absolute Gasteiger partial charge is 0.480 e. The summed E-state index contributed by atoms with van der Waals surface area (Å²) in [6.45, 7) is 6.27. The van der Waals surface area contributed by atoms with Crippen molar-refractivity contribution in [2.45, 2.75) is 12.8 Å². The maximum atomic E-state index is 12.0. The molecule has 0 spiro atoms. The van der Waals surface area contributed by atoms with Gasteiger partial charge >= 0.3 is 17.9 Å². The molecule has 2 heterocycles. The molecule has 0 aliphatic carbocycles. The van der Waals surface area contributed by atoms with Crippen LogP contribution in [0.15, 0.2) is 17.4 Å². The molecule has 14 nitrogen and oxygen atoms in total. The number of hydrazone groups is 1. The lowest BCUT2D eigenvalue weighted by molar-refractivity contribution is -0.140.